The van der Waals surface area contributed by atoms with Crippen molar-refractivity contribution < 1.29 is 28.2 Å². The van der Waals surface area contributed by atoms with Crippen molar-refractivity contribution in [3.8, 4) is 5.75 Å². The first kappa shape index (κ1) is 19.4. The highest BCUT2D eigenvalue weighted by molar-refractivity contribution is 6.30. The molecular formula is C18H15ClFNO5. The average molecular weight is 380 g/mol. The molecular weight excluding hydrogens is 365 g/mol. The number of esters is 1. The number of methoxy groups -OCH3 is 1. The Morgan fingerprint density at radius 2 is 1.73 bits per heavy atom. The van der Waals surface area contributed by atoms with Gasteiger partial charge in [-0.2, -0.15) is 0 Å². The maximum Gasteiger partial charge on any atom is 0.325 e. The number of carbonyl (C=O) groups is 3. The van der Waals surface area contributed by atoms with Gasteiger partial charge in [-0.1, -0.05) is 11.6 Å². The van der Waals surface area contributed by atoms with Crippen LogP contribution in [0.1, 0.15) is 20.7 Å². The van der Waals surface area contributed by atoms with Crippen LogP contribution in [0.3, 0.4) is 0 Å². The molecule has 0 aliphatic rings. The number of hydrogen-bond donors (Lipinski definition) is 1. The van der Waals surface area contributed by atoms with E-state index in [1.165, 1.54) is 31.4 Å². The van der Waals surface area contributed by atoms with Crippen LogP contribution in [0.15, 0.2) is 42.5 Å². The Kier molecular flexibility index (Phi) is 6.68. The van der Waals surface area contributed by atoms with Crippen LogP contribution < -0.4 is 10.1 Å². The van der Waals surface area contributed by atoms with Crippen LogP contribution in [0.25, 0.3) is 0 Å². The molecule has 1 amide bonds. The first-order valence-electron chi connectivity index (χ1n) is 7.47. The van der Waals surface area contributed by atoms with E-state index in [9.17, 15) is 18.8 Å². The van der Waals surface area contributed by atoms with Crippen molar-refractivity contribution in [2.45, 2.75) is 0 Å². The smallest absolute Gasteiger partial charge is 0.325 e. The molecule has 8 heteroatoms. The Bertz CT molecular complexity index is 823. The second-order valence-corrected chi connectivity index (χ2v) is 5.56. The van der Waals surface area contributed by atoms with Crippen LogP contribution in [0.5, 0.6) is 5.75 Å². The molecule has 26 heavy (non-hydrogen) atoms. The van der Waals surface area contributed by atoms with E-state index in [-0.39, 0.29) is 11.3 Å². The number of Topliss-reactive ketones (excluding diaryl/α,β-unsaturated/α-hetero) is 1. The van der Waals surface area contributed by atoms with Gasteiger partial charge in [-0.3, -0.25) is 14.4 Å². The molecule has 0 aliphatic heterocycles. The first-order valence-corrected chi connectivity index (χ1v) is 7.84. The van der Waals surface area contributed by atoms with Crippen LogP contribution in [0.4, 0.5) is 4.39 Å². The Labute approximate surface area is 153 Å². The Morgan fingerprint density at radius 3 is 2.35 bits per heavy atom. The van der Waals surface area contributed by atoms with Crippen LogP contribution in [0, 0.1) is 5.82 Å². The van der Waals surface area contributed by atoms with Crippen molar-refractivity contribution in [3.05, 3.63) is 64.4 Å². The van der Waals surface area contributed by atoms with E-state index in [2.05, 4.69) is 5.32 Å². The predicted molar refractivity (Wildman–Crippen MR) is 92.0 cm³/mol. The number of nitrogens with one attached hydrogen (secondary N) is 1. The average Bonchev–Trinajstić information content (AvgIpc) is 2.64. The molecule has 0 spiro atoms. The van der Waals surface area contributed by atoms with Gasteiger partial charge in [0, 0.05) is 16.1 Å². The lowest BCUT2D eigenvalue weighted by Gasteiger charge is -2.07. The third kappa shape index (κ3) is 5.29. The van der Waals surface area contributed by atoms with Crippen molar-refractivity contribution >= 4 is 29.3 Å². The Morgan fingerprint density at radius 1 is 1.08 bits per heavy atom. The van der Waals surface area contributed by atoms with Gasteiger partial charge in [0.15, 0.2) is 24.0 Å². The fourth-order valence-electron chi connectivity index (χ4n) is 1.98. The van der Waals surface area contributed by atoms with E-state index >= 15 is 0 Å². The fourth-order valence-corrected chi connectivity index (χ4v) is 2.10. The molecule has 0 fully saturated rings. The van der Waals surface area contributed by atoms with Crippen LogP contribution in [-0.4, -0.2) is 37.9 Å². The lowest BCUT2D eigenvalue weighted by atomic mass is 10.1. The van der Waals surface area contributed by atoms with Crippen molar-refractivity contribution in [1.29, 1.82) is 0 Å². The highest BCUT2D eigenvalue weighted by Gasteiger charge is 2.14. The number of ketones is 1. The van der Waals surface area contributed by atoms with Crippen LogP contribution in [0.2, 0.25) is 5.02 Å². The number of hydrogen-bond acceptors (Lipinski definition) is 5. The number of rotatable bonds is 7. The largest absolute Gasteiger partial charge is 0.494 e. The predicted octanol–water partition coefficient (Wildman–Crippen LogP) is 2.64. The van der Waals surface area contributed by atoms with Gasteiger partial charge in [0.1, 0.15) is 6.54 Å². The highest BCUT2D eigenvalue weighted by Crippen LogP contribution is 2.18. The Balaban J connectivity index is 1.81. The topological polar surface area (TPSA) is 81.7 Å². The number of benzene rings is 2. The molecule has 2 aromatic rings. The quantitative estimate of drug-likeness (QED) is 0.590. The third-order valence-electron chi connectivity index (χ3n) is 3.34. The molecule has 1 N–H and O–H groups in total. The van der Waals surface area contributed by atoms with Crippen LogP contribution >= 0.6 is 11.6 Å². The Hall–Kier alpha value is -2.93. The summed E-state index contributed by atoms with van der Waals surface area (Å²) in [7, 11) is 1.31. The van der Waals surface area contributed by atoms with Crippen molar-refractivity contribution in [2.75, 3.05) is 20.3 Å². The number of carbonyl (C=O) groups excluding carboxylic acids is 3. The van der Waals surface area contributed by atoms with Gasteiger partial charge in [-0.05, 0) is 42.5 Å². The molecule has 0 saturated carbocycles. The van der Waals surface area contributed by atoms with E-state index in [0.717, 1.165) is 6.07 Å². The minimum Gasteiger partial charge on any atom is -0.494 e. The molecule has 0 aromatic heterocycles. The second kappa shape index (κ2) is 8.96. The number of amides is 1. The third-order valence-corrected chi connectivity index (χ3v) is 3.59. The molecule has 0 saturated heterocycles. The standard InChI is InChI=1S/C18H15ClFNO5/c1-25-16-7-4-12(8-14(16)20)15(22)10-26-17(23)9-21-18(24)11-2-5-13(19)6-3-11/h2-8H,9-10H2,1H3,(H,21,24). The molecule has 0 radical (unpaired) electrons. The molecule has 0 bridgehead atoms. The zero-order valence-corrected chi connectivity index (χ0v) is 14.5. The summed E-state index contributed by atoms with van der Waals surface area (Å²) >= 11 is 5.72. The monoisotopic (exact) mass is 379 g/mol. The molecule has 2 aromatic carbocycles. The minimum absolute atomic E-state index is 0.00320. The molecule has 0 heterocycles. The number of ether oxygens (including phenoxy) is 2. The van der Waals surface area contributed by atoms with Gasteiger partial charge in [-0.15, -0.1) is 0 Å². The number of halogens is 2. The minimum atomic E-state index is -0.797. The van der Waals surface area contributed by atoms with Gasteiger partial charge in [-0.25, -0.2) is 4.39 Å². The second-order valence-electron chi connectivity index (χ2n) is 5.12. The maximum atomic E-state index is 13.6. The van der Waals surface area contributed by atoms with E-state index in [0.29, 0.717) is 10.6 Å². The lowest BCUT2D eigenvalue weighted by Crippen LogP contribution is -2.31. The van der Waals surface area contributed by atoms with E-state index in [4.69, 9.17) is 21.1 Å². The zero-order valence-electron chi connectivity index (χ0n) is 13.8. The molecule has 0 atom stereocenters. The molecule has 6 nitrogen and oxygen atoms in total. The van der Waals surface area contributed by atoms with Gasteiger partial charge in [0.25, 0.3) is 5.91 Å². The van der Waals surface area contributed by atoms with Crippen LogP contribution in [-0.2, 0) is 9.53 Å². The van der Waals surface area contributed by atoms with Gasteiger partial charge >= 0.3 is 5.97 Å². The van der Waals surface area contributed by atoms with Gasteiger partial charge in [0.05, 0.1) is 7.11 Å². The maximum absolute atomic E-state index is 13.6. The van der Waals surface area contributed by atoms with Crippen molar-refractivity contribution in [1.82, 2.24) is 5.32 Å². The summed E-state index contributed by atoms with van der Waals surface area (Å²) in [6.07, 6.45) is 0. The van der Waals surface area contributed by atoms with Crippen molar-refractivity contribution in [2.24, 2.45) is 0 Å². The summed E-state index contributed by atoms with van der Waals surface area (Å²) in [5.41, 5.74) is 0.369. The zero-order chi connectivity index (χ0) is 19.1. The normalized spacial score (nSPS) is 10.1. The molecule has 136 valence electrons. The summed E-state index contributed by atoms with van der Waals surface area (Å²) in [6.45, 7) is -0.979. The van der Waals surface area contributed by atoms with Gasteiger partial charge in [0.2, 0.25) is 0 Å². The highest BCUT2D eigenvalue weighted by atomic mass is 35.5. The summed E-state index contributed by atoms with van der Waals surface area (Å²) in [4.78, 5) is 35.4. The van der Waals surface area contributed by atoms with E-state index in [1.54, 1.807) is 12.1 Å². The molecule has 0 unspecified atom stereocenters. The van der Waals surface area contributed by atoms with Gasteiger partial charge < -0.3 is 14.8 Å². The molecule has 2 rings (SSSR count). The fraction of sp³-hybridized carbons (Fsp3) is 0.167. The molecule has 0 aliphatic carbocycles. The van der Waals surface area contributed by atoms with Crippen molar-refractivity contribution in [3.63, 3.8) is 0 Å². The van der Waals surface area contributed by atoms with E-state index in [1.807, 2.05) is 0 Å². The summed E-state index contributed by atoms with van der Waals surface area (Å²) in [5.74, 6) is -2.55. The summed E-state index contributed by atoms with van der Waals surface area (Å²) in [5, 5.41) is 2.84. The summed E-state index contributed by atoms with van der Waals surface area (Å²) in [6, 6.07) is 9.76. The summed E-state index contributed by atoms with van der Waals surface area (Å²) < 4.78 is 23.1. The first-order chi connectivity index (χ1) is 12.4. The van der Waals surface area contributed by atoms with E-state index < -0.39 is 36.6 Å². The SMILES string of the molecule is COc1ccc(C(=O)COC(=O)CNC(=O)c2ccc(Cl)cc2)cc1F. The lowest BCUT2D eigenvalue weighted by molar-refractivity contribution is -0.141.